The zero-order chi connectivity index (χ0) is 15.0. The number of benzene rings is 1. The van der Waals surface area contributed by atoms with Crippen molar-refractivity contribution >= 4 is 0 Å². The van der Waals surface area contributed by atoms with Crippen LogP contribution in [-0.4, -0.2) is 38.2 Å². The van der Waals surface area contributed by atoms with Gasteiger partial charge >= 0.3 is 0 Å². The Morgan fingerprint density at radius 3 is 2.60 bits per heavy atom. The smallest absolute Gasteiger partial charge is 0.123 e. The summed E-state index contributed by atoms with van der Waals surface area (Å²) >= 11 is 0. The largest absolute Gasteiger partial charge is 0.496 e. The average Bonchev–Trinajstić information content (AvgIpc) is 2.47. The van der Waals surface area contributed by atoms with E-state index in [1.54, 1.807) is 7.11 Å². The Bertz CT molecular complexity index is 381. The Hall–Kier alpha value is -1.06. The van der Waals surface area contributed by atoms with Crippen LogP contribution >= 0.6 is 0 Å². The highest BCUT2D eigenvalue weighted by Gasteiger charge is 2.17. The third-order valence-electron chi connectivity index (χ3n) is 4.02. The Morgan fingerprint density at radius 1 is 1.25 bits per heavy atom. The summed E-state index contributed by atoms with van der Waals surface area (Å²) in [6, 6.07) is 8.79. The van der Waals surface area contributed by atoms with Gasteiger partial charge in [0.25, 0.3) is 0 Å². The second-order valence-electron chi connectivity index (χ2n) is 5.65. The SMILES string of the molecule is CCCNCC(C)C(C)N(C)Cc1ccccc1OC. The van der Waals surface area contributed by atoms with Crippen LogP contribution in [0, 0.1) is 5.92 Å². The number of hydrogen-bond acceptors (Lipinski definition) is 3. The molecular formula is C17H30N2O. The lowest BCUT2D eigenvalue weighted by molar-refractivity contribution is 0.187. The van der Waals surface area contributed by atoms with Crippen molar-refractivity contribution in [3.8, 4) is 5.75 Å². The van der Waals surface area contributed by atoms with Gasteiger partial charge in [-0.25, -0.2) is 0 Å². The van der Waals surface area contributed by atoms with E-state index >= 15 is 0 Å². The Morgan fingerprint density at radius 2 is 1.95 bits per heavy atom. The summed E-state index contributed by atoms with van der Waals surface area (Å²) in [5, 5.41) is 3.51. The van der Waals surface area contributed by atoms with Gasteiger partial charge < -0.3 is 10.1 Å². The maximum Gasteiger partial charge on any atom is 0.123 e. The average molecular weight is 278 g/mol. The Kier molecular flexibility index (Phi) is 7.63. The van der Waals surface area contributed by atoms with Crippen LogP contribution in [0.15, 0.2) is 24.3 Å². The lowest BCUT2D eigenvalue weighted by Crippen LogP contribution is -2.38. The summed E-state index contributed by atoms with van der Waals surface area (Å²) in [4.78, 5) is 2.40. The molecule has 1 aromatic carbocycles. The summed E-state index contributed by atoms with van der Waals surface area (Å²) < 4.78 is 5.43. The van der Waals surface area contributed by atoms with E-state index in [2.05, 4.69) is 50.2 Å². The number of nitrogens with zero attached hydrogens (tertiary/aromatic N) is 1. The van der Waals surface area contributed by atoms with Gasteiger partial charge in [0, 0.05) is 18.2 Å². The number of para-hydroxylation sites is 1. The summed E-state index contributed by atoms with van der Waals surface area (Å²) in [5.74, 6) is 1.60. The van der Waals surface area contributed by atoms with E-state index in [4.69, 9.17) is 4.74 Å². The summed E-state index contributed by atoms with van der Waals surface area (Å²) in [5.41, 5.74) is 1.25. The monoisotopic (exact) mass is 278 g/mol. The number of nitrogens with one attached hydrogen (secondary N) is 1. The molecule has 20 heavy (non-hydrogen) atoms. The lowest BCUT2D eigenvalue weighted by atomic mass is 10.0. The standard InChI is InChI=1S/C17H30N2O/c1-6-11-18-12-14(2)15(3)19(4)13-16-9-7-8-10-17(16)20-5/h7-10,14-15,18H,6,11-13H2,1-5H3. The topological polar surface area (TPSA) is 24.5 Å². The Balaban J connectivity index is 2.54. The van der Waals surface area contributed by atoms with E-state index in [0.717, 1.165) is 25.4 Å². The highest BCUT2D eigenvalue weighted by Crippen LogP contribution is 2.20. The Labute approximate surface area is 124 Å². The van der Waals surface area contributed by atoms with E-state index in [1.165, 1.54) is 12.0 Å². The molecule has 0 heterocycles. The van der Waals surface area contributed by atoms with Crippen molar-refractivity contribution in [1.82, 2.24) is 10.2 Å². The molecule has 1 N–H and O–H groups in total. The maximum absolute atomic E-state index is 5.43. The lowest BCUT2D eigenvalue weighted by Gasteiger charge is -2.30. The normalized spacial score (nSPS) is 14.3. The second kappa shape index (κ2) is 8.98. The van der Waals surface area contributed by atoms with E-state index < -0.39 is 0 Å². The maximum atomic E-state index is 5.43. The molecule has 0 saturated heterocycles. The van der Waals surface area contributed by atoms with E-state index in [9.17, 15) is 0 Å². The highest BCUT2D eigenvalue weighted by atomic mass is 16.5. The molecule has 0 aliphatic heterocycles. The van der Waals surface area contributed by atoms with Crippen molar-refractivity contribution in [3.63, 3.8) is 0 Å². The van der Waals surface area contributed by atoms with Gasteiger partial charge in [-0.2, -0.15) is 0 Å². The van der Waals surface area contributed by atoms with Gasteiger partial charge in [-0.1, -0.05) is 32.0 Å². The summed E-state index contributed by atoms with van der Waals surface area (Å²) in [7, 11) is 3.92. The van der Waals surface area contributed by atoms with Crippen molar-refractivity contribution in [2.75, 3.05) is 27.2 Å². The molecule has 0 radical (unpaired) electrons. The van der Waals surface area contributed by atoms with Crippen LogP contribution in [0.3, 0.4) is 0 Å². The summed E-state index contributed by atoms with van der Waals surface area (Å²) in [6.45, 7) is 9.91. The molecule has 2 atom stereocenters. The molecule has 0 aromatic heterocycles. The molecule has 0 fully saturated rings. The molecule has 0 amide bonds. The quantitative estimate of drug-likeness (QED) is 0.702. The van der Waals surface area contributed by atoms with E-state index in [-0.39, 0.29) is 0 Å². The van der Waals surface area contributed by atoms with Gasteiger partial charge in [0.15, 0.2) is 0 Å². The molecule has 114 valence electrons. The first kappa shape index (κ1) is 17.0. The molecule has 1 aromatic rings. The molecule has 1 rings (SSSR count). The van der Waals surface area contributed by atoms with Crippen LogP contribution in [0.1, 0.15) is 32.8 Å². The molecule has 0 bridgehead atoms. The number of ether oxygens (including phenoxy) is 1. The molecule has 3 heteroatoms. The zero-order valence-electron chi connectivity index (χ0n) is 13.6. The van der Waals surface area contributed by atoms with Crippen molar-refractivity contribution in [1.29, 1.82) is 0 Å². The molecule has 2 unspecified atom stereocenters. The van der Waals surface area contributed by atoms with Gasteiger partial charge in [0.05, 0.1) is 7.11 Å². The van der Waals surface area contributed by atoms with E-state index in [0.29, 0.717) is 12.0 Å². The highest BCUT2D eigenvalue weighted by molar-refractivity contribution is 5.33. The van der Waals surface area contributed by atoms with E-state index in [1.807, 2.05) is 12.1 Å². The third-order valence-corrected chi connectivity index (χ3v) is 4.02. The second-order valence-corrected chi connectivity index (χ2v) is 5.65. The number of methoxy groups -OCH3 is 1. The van der Waals surface area contributed by atoms with Crippen molar-refractivity contribution < 1.29 is 4.74 Å². The number of hydrogen-bond donors (Lipinski definition) is 1. The van der Waals surface area contributed by atoms with Crippen LogP contribution in [0.4, 0.5) is 0 Å². The predicted molar refractivity (Wildman–Crippen MR) is 86.2 cm³/mol. The first-order valence-corrected chi connectivity index (χ1v) is 7.63. The first-order valence-electron chi connectivity index (χ1n) is 7.63. The third kappa shape index (κ3) is 5.14. The fourth-order valence-corrected chi connectivity index (χ4v) is 2.36. The van der Waals surface area contributed by atoms with Gasteiger partial charge in [0.1, 0.15) is 5.75 Å². The molecular weight excluding hydrogens is 248 g/mol. The fraction of sp³-hybridized carbons (Fsp3) is 0.647. The van der Waals surface area contributed by atoms with Crippen LogP contribution in [0.5, 0.6) is 5.75 Å². The molecule has 0 saturated carbocycles. The van der Waals surface area contributed by atoms with Crippen LogP contribution in [0.2, 0.25) is 0 Å². The van der Waals surface area contributed by atoms with Gasteiger partial charge in [-0.3, -0.25) is 4.90 Å². The van der Waals surface area contributed by atoms with Crippen molar-refractivity contribution in [2.24, 2.45) is 5.92 Å². The predicted octanol–water partition coefficient (Wildman–Crippen LogP) is 3.15. The fourth-order valence-electron chi connectivity index (χ4n) is 2.36. The van der Waals surface area contributed by atoms with Crippen LogP contribution < -0.4 is 10.1 Å². The minimum absolute atomic E-state index is 0.532. The zero-order valence-corrected chi connectivity index (χ0v) is 13.6. The first-order chi connectivity index (χ1) is 9.60. The van der Waals surface area contributed by atoms with Crippen molar-refractivity contribution in [3.05, 3.63) is 29.8 Å². The molecule has 0 aliphatic carbocycles. The van der Waals surface area contributed by atoms with Crippen molar-refractivity contribution in [2.45, 2.75) is 39.8 Å². The van der Waals surface area contributed by atoms with Crippen LogP contribution in [0.25, 0.3) is 0 Å². The molecule has 3 nitrogen and oxygen atoms in total. The van der Waals surface area contributed by atoms with Gasteiger partial charge in [-0.15, -0.1) is 0 Å². The molecule has 0 spiro atoms. The molecule has 0 aliphatic rings. The van der Waals surface area contributed by atoms with Gasteiger partial charge in [0.2, 0.25) is 0 Å². The van der Waals surface area contributed by atoms with Gasteiger partial charge in [-0.05, 0) is 45.5 Å². The minimum atomic E-state index is 0.532. The number of rotatable bonds is 9. The minimum Gasteiger partial charge on any atom is -0.496 e. The summed E-state index contributed by atoms with van der Waals surface area (Å²) in [6.07, 6.45) is 1.19. The van der Waals surface area contributed by atoms with Crippen LogP contribution in [-0.2, 0) is 6.54 Å².